The summed E-state index contributed by atoms with van der Waals surface area (Å²) in [7, 11) is 0. The molecule has 4 fully saturated rings. The first-order valence-corrected chi connectivity index (χ1v) is 14.2. The Bertz CT molecular complexity index is 963. The summed E-state index contributed by atoms with van der Waals surface area (Å²) in [6.45, 7) is 12.8. The Morgan fingerprint density at radius 2 is 1.67 bits per heavy atom. The van der Waals surface area contributed by atoms with E-state index in [2.05, 4.69) is 40.7 Å². The first kappa shape index (κ1) is 26.6. The predicted octanol–water partition coefficient (Wildman–Crippen LogP) is 4.00. The average molecular weight is 505 g/mol. The van der Waals surface area contributed by atoms with Gasteiger partial charge in [0.05, 0.1) is 30.3 Å². The highest BCUT2D eigenvalue weighted by Gasteiger charge is 2.72. The van der Waals surface area contributed by atoms with Gasteiger partial charge in [-0.2, -0.15) is 0 Å². The van der Waals surface area contributed by atoms with Crippen LogP contribution in [0.4, 0.5) is 0 Å². The van der Waals surface area contributed by atoms with Crippen LogP contribution in [0.3, 0.4) is 0 Å². The third-order valence-electron chi connectivity index (χ3n) is 13.4. The van der Waals surface area contributed by atoms with E-state index in [1.165, 1.54) is 5.57 Å². The van der Waals surface area contributed by atoms with Gasteiger partial charge in [-0.15, -0.1) is 0 Å². The number of hydrogen-bond acceptors (Lipinski definition) is 5. The molecule has 0 aromatic heterocycles. The van der Waals surface area contributed by atoms with Crippen molar-refractivity contribution in [3.8, 4) is 0 Å². The van der Waals surface area contributed by atoms with Gasteiger partial charge in [-0.25, -0.2) is 0 Å². The van der Waals surface area contributed by atoms with E-state index in [0.717, 1.165) is 25.7 Å². The van der Waals surface area contributed by atoms with Crippen LogP contribution in [0.2, 0.25) is 0 Å². The van der Waals surface area contributed by atoms with Gasteiger partial charge in [0, 0.05) is 11.3 Å². The van der Waals surface area contributed by atoms with Gasteiger partial charge in [-0.3, -0.25) is 4.79 Å². The van der Waals surface area contributed by atoms with E-state index < -0.39 is 40.5 Å². The fourth-order valence-corrected chi connectivity index (χ4v) is 11.2. The van der Waals surface area contributed by atoms with E-state index in [9.17, 15) is 30.3 Å². The molecule has 5 rings (SSSR count). The Kier molecular flexibility index (Phi) is 5.95. The average Bonchev–Trinajstić information content (AvgIpc) is 2.80. The maximum Gasteiger partial charge on any atom is 0.310 e. The molecule has 204 valence electrons. The van der Waals surface area contributed by atoms with Crippen molar-refractivity contribution in [2.24, 2.45) is 56.7 Å². The summed E-state index contributed by atoms with van der Waals surface area (Å²) < 4.78 is 0. The van der Waals surface area contributed by atoms with Gasteiger partial charge in [0.1, 0.15) is 0 Å². The van der Waals surface area contributed by atoms with Crippen LogP contribution < -0.4 is 0 Å². The Hall–Kier alpha value is -0.950. The molecule has 7 unspecified atom stereocenters. The van der Waals surface area contributed by atoms with Gasteiger partial charge >= 0.3 is 5.97 Å². The summed E-state index contributed by atoms with van der Waals surface area (Å²) in [5, 5.41) is 54.7. The number of fused-ring (bicyclic) bond motifs is 7. The van der Waals surface area contributed by atoms with Crippen molar-refractivity contribution in [1.82, 2.24) is 0 Å². The lowest BCUT2D eigenvalue weighted by molar-refractivity contribution is -0.273. The van der Waals surface area contributed by atoms with E-state index in [1.54, 1.807) is 0 Å². The summed E-state index contributed by atoms with van der Waals surface area (Å²) in [6, 6.07) is 0. The van der Waals surface area contributed by atoms with Crippen molar-refractivity contribution in [2.45, 2.75) is 105 Å². The van der Waals surface area contributed by atoms with Crippen LogP contribution in [0.25, 0.3) is 0 Å². The summed E-state index contributed by atoms with van der Waals surface area (Å²) in [4.78, 5) is 12.8. The molecule has 0 aromatic carbocycles. The number of carboxylic acid groups (broad SMARTS) is 1. The summed E-state index contributed by atoms with van der Waals surface area (Å²) in [5.74, 6) is -0.0914. The molecule has 5 aliphatic rings. The molecule has 0 spiro atoms. The number of allylic oxidation sites excluding steroid dienone is 2. The van der Waals surface area contributed by atoms with Gasteiger partial charge in [0.25, 0.3) is 0 Å². The zero-order valence-electron chi connectivity index (χ0n) is 23.0. The summed E-state index contributed by atoms with van der Waals surface area (Å²) in [5.41, 5.74) is -1.41. The minimum absolute atomic E-state index is 0.000534. The minimum atomic E-state index is -1.08. The Morgan fingerprint density at radius 1 is 1.00 bits per heavy atom. The van der Waals surface area contributed by atoms with E-state index in [0.29, 0.717) is 25.2 Å². The number of aliphatic hydroxyl groups excluding tert-OH is 4. The lowest BCUT2D eigenvalue weighted by Crippen LogP contribution is -2.71. The van der Waals surface area contributed by atoms with Crippen LogP contribution in [-0.2, 0) is 4.79 Å². The Morgan fingerprint density at radius 3 is 2.28 bits per heavy atom. The van der Waals surface area contributed by atoms with Gasteiger partial charge in [0.2, 0.25) is 0 Å². The summed E-state index contributed by atoms with van der Waals surface area (Å²) in [6.07, 6.45) is 4.44. The van der Waals surface area contributed by atoms with Crippen molar-refractivity contribution >= 4 is 5.97 Å². The molecule has 0 bridgehead atoms. The summed E-state index contributed by atoms with van der Waals surface area (Å²) >= 11 is 0. The highest BCUT2D eigenvalue weighted by atomic mass is 16.4. The van der Waals surface area contributed by atoms with E-state index in [-0.39, 0.29) is 41.1 Å². The topological polar surface area (TPSA) is 118 Å². The predicted molar refractivity (Wildman–Crippen MR) is 137 cm³/mol. The zero-order valence-corrected chi connectivity index (χ0v) is 23.0. The third kappa shape index (κ3) is 2.96. The molecule has 0 aliphatic heterocycles. The number of aliphatic carboxylic acids is 1. The first-order valence-electron chi connectivity index (χ1n) is 14.2. The normalized spacial score (nSPS) is 58.6. The number of carbonyl (C=O) groups is 1. The first-order chi connectivity index (χ1) is 16.6. The second-order valence-electron chi connectivity index (χ2n) is 14.6. The van der Waals surface area contributed by atoms with Crippen molar-refractivity contribution in [2.75, 3.05) is 6.61 Å². The molecule has 36 heavy (non-hydrogen) atoms. The number of aliphatic hydroxyl groups is 4. The second-order valence-corrected chi connectivity index (χ2v) is 14.6. The number of hydrogen-bond donors (Lipinski definition) is 5. The zero-order chi connectivity index (χ0) is 26.6. The lowest BCUT2D eigenvalue weighted by Gasteiger charge is -2.72. The molecule has 0 amide bonds. The van der Waals surface area contributed by atoms with Crippen LogP contribution in [0.15, 0.2) is 11.6 Å². The van der Waals surface area contributed by atoms with Crippen LogP contribution in [-0.4, -0.2) is 56.4 Å². The van der Waals surface area contributed by atoms with Crippen LogP contribution >= 0.6 is 0 Å². The quantitative estimate of drug-likeness (QED) is 0.363. The maximum atomic E-state index is 12.8. The van der Waals surface area contributed by atoms with Crippen molar-refractivity contribution in [3.63, 3.8) is 0 Å². The molecular weight excluding hydrogens is 456 g/mol. The van der Waals surface area contributed by atoms with Crippen LogP contribution in [0.5, 0.6) is 0 Å². The van der Waals surface area contributed by atoms with Crippen molar-refractivity contribution < 1.29 is 30.3 Å². The highest BCUT2D eigenvalue weighted by Crippen LogP contribution is 2.75. The van der Waals surface area contributed by atoms with Crippen LogP contribution in [0.1, 0.15) is 86.5 Å². The molecule has 6 heteroatoms. The largest absolute Gasteiger partial charge is 0.481 e. The van der Waals surface area contributed by atoms with Gasteiger partial charge in [0.15, 0.2) is 0 Å². The molecule has 5 aliphatic carbocycles. The molecular formula is C30H48O6. The highest BCUT2D eigenvalue weighted by molar-refractivity contribution is 5.76. The molecule has 0 heterocycles. The SMILES string of the molecule is CC1CC[C@@]2(C(=O)O)CC[C@]3(C)C(=CCC4[C@@]5(C)C[C@@H](O)[C@H](O)C(C)(CO)C5C(O)C[C@]43C)C2C1C. The Labute approximate surface area is 216 Å². The van der Waals surface area contributed by atoms with E-state index in [4.69, 9.17) is 0 Å². The van der Waals surface area contributed by atoms with E-state index >= 15 is 0 Å². The number of carboxylic acids is 1. The van der Waals surface area contributed by atoms with E-state index in [1.807, 2.05) is 6.92 Å². The fourth-order valence-electron chi connectivity index (χ4n) is 11.2. The van der Waals surface area contributed by atoms with Crippen molar-refractivity contribution in [1.29, 1.82) is 0 Å². The van der Waals surface area contributed by atoms with Crippen molar-refractivity contribution in [3.05, 3.63) is 11.6 Å². The smallest absolute Gasteiger partial charge is 0.310 e. The van der Waals surface area contributed by atoms with Gasteiger partial charge < -0.3 is 25.5 Å². The number of rotatable bonds is 2. The minimum Gasteiger partial charge on any atom is -0.481 e. The second kappa shape index (κ2) is 8.03. The molecule has 4 saturated carbocycles. The third-order valence-corrected chi connectivity index (χ3v) is 13.4. The molecule has 0 radical (unpaired) electrons. The standard InChI is InChI=1S/C30H48O6/c1-16-9-10-30(25(35)36)12-11-28(5)18(22(30)17(16)2)7-8-21-26(3)13-20(33)24(34)27(4,15-31)23(26)19(32)14-29(21,28)6/h7,16-17,19-24,31-34H,8-15H2,1-6H3,(H,35,36)/t16?,17?,19?,20-,21?,22?,23?,24+,26-,27?,28-,29-,30-/m1/s1. The van der Waals surface area contributed by atoms with Gasteiger partial charge in [-0.1, -0.05) is 53.2 Å². The lowest BCUT2D eigenvalue weighted by atomic mass is 9.32. The van der Waals surface area contributed by atoms with Gasteiger partial charge in [-0.05, 0) is 84.9 Å². The monoisotopic (exact) mass is 504 g/mol. The fraction of sp³-hybridized carbons (Fsp3) is 0.900. The molecule has 5 N–H and O–H groups in total. The maximum absolute atomic E-state index is 12.8. The molecule has 13 atom stereocenters. The molecule has 6 nitrogen and oxygen atoms in total. The molecule has 0 aromatic rings. The van der Waals surface area contributed by atoms with Crippen LogP contribution in [0, 0.1) is 56.7 Å². The molecule has 0 saturated heterocycles. The Balaban J connectivity index is 1.65.